The number of carbonyl (C=O) groups is 1. The van der Waals surface area contributed by atoms with Crippen molar-refractivity contribution in [2.24, 2.45) is 0 Å². The van der Waals surface area contributed by atoms with E-state index in [0.717, 1.165) is 17.5 Å². The fraction of sp³-hybridized carbons (Fsp3) is 0.174. The van der Waals surface area contributed by atoms with Crippen LogP contribution in [0.15, 0.2) is 72.8 Å². The maximum atomic E-state index is 12.4. The van der Waals surface area contributed by atoms with Gasteiger partial charge in [-0.1, -0.05) is 59.1 Å². The van der Waals surface area contributed by atoms with Crippen molar-refractivity contribution in [2.45, 2.75) is 25.3 Å². The molecule has 1 amide bonds. The van der Waals surface area contributed by atoms with E-state index < -0.39 is 6.09 Å². The third kappa shape index (κ3) is 6.40. The van der Waals surface area contributed by atoms with E-state index in [0.29, 0.717) is 20.8 Å². The Labute approximate surface area is 185 Å². The second kappa shape index (κ2) is 10.0. The number of rotatable bonds is 6. The van der Waals surface area contributed by atoms with Gasteiger partial charge in [-0.2, -0.15) is 0 Å². The van der Waals surface area contributed by atoms with Crippen molar-refractivity contribution in [3.8, 4) is 5.75 Å². The van der Waals surface area contributed by atoms with Gasteiger partial charge in [0.2, 0.25) is 0 Å². The summed E-state index contributed by atoms with van der Waals surface area (Å²) in [5, 5.41) is 4.87. The molecule has 3 aromatic rings. The molecule has 0 fully saturated rings. The minimum atomic E-state index is -0.519. The SMILES string of the molecule is CC(NC(=O)Oc1ccc(Cl)cc1)C(Cc1ccc(Cl)cc1)c1ccc(Cl)cc1. The molecule has 0 aliphatic carbocycles. The molecule has 2 atom stereocenters. The van der Waals surface area contributed by atoms with Crippen molar-refractivity contribution in [1.82, 2.24) is 5.32 Å². The lowest BCUT2D eigenvalue weighted by Crippen LogP contribution is -2.39. The van der Waals surface area contributed by atoms with Gasteiger partial charge in [0.05, 0.1) is 0 Å². The Balaban J connectivity index is 1.74. The van der Waals surface area contributed by atoms with Gasteiger partial charge in [-0.15, -0.1) is 0 Å². The molecule has 3 aromatic carbocycles. The van der Waals surface area contributed by atoms with E-state index >= 15 is 0 Å². The van der Waals surface area contributed by atoms with Crippen molar-refractivity contribution in [3.05, 3.63) is 99.0 Å². The summed E-state index contributed by atoms with van der Waals surface area (Å²) in [6.45, 7) is 1.96. The van der Waals surface area contributed by atoms with Gasteiger partial charge in [0.1, 0.15) is 5.75 Å². The van der Waals surface area contributed by atoms with Crippen LogP contribution in [0.5, 0.6) is 5.75 Å². The minimum Gasteiger partial charge on any atom is -0.410 e. The van der Waals surface area contributed by atoms with Crippen LogP contribution in [0.3, 0.4) is 0 Å². The summed E-state index contributed by atoms with van der Waals surface area (Å²) < 4.78 is 5.36. The molecule has 0 radical (unpaired) electrons. The van der Waals surface area contributed by atoms with Crippen LogP contribution in [0.25, 0.3) is 0 Å². The minimum absolute atomic E-state index is 0.0196. The van der Waals surface area contributed by atoms with Crippen molar-refractivity contribution >= 4 is 40.9 Å². The number of hydrogen-bond donors (Lipinski definition) is 1. The molecule has 3 rings (SSSR count). The van der Waals surface area contributed by atoms with Crippen molar-refractivity contribution in [3.63, 3.8) is 0 Å². The van der Waals surface area contributed by atoms with E-state index in [9.17, 15) is 4.79 Å². The van der Waals surface area contributed by atoms with E-state index in [4.69, 9.17) is 39.5 Å². The Morgan fingerprint density at radius 1 is 0.828 bits per heavy atom. The highest BCUT2D eigenvalue weighted by Gasteiger charge is 2.22. The number of nitrogens with one attached hydrogen (secondary N) is 1. The molecular weight excluding hydrogens is 429 g/mol. The summed E-state index contributed by atoms with van der Waals surface area (Å²) in [6.07, 6.45) is 0.205. The van der Waals surface area contributed by atoms with Crippen molar-refractivity contribution in [1.29, 1.82) is 0 Å². The molecule has 2 unspecified atom stereocenters. The van der Waals surface area contributed by atoms with E-state index in [1.165, 1.54) is 0 Å². The molecule has 150 valence electrons. The third-order valence-electron chi connectivity index (χ3n) is 4.64. The molecule has 6 heteroatoms. The third-order valence-corrected chi connectivity index (χ3v) is 5.40. The first-order valence-electron chi connectivity index (χ1n) is 9.14. The van der Waals surface area contributed by atoms with Gasteiger partial charge in [0, 0.05) is 27.0 Å². The normalized spacial score (nSPS) is 12.8. The maximum absolute atomic E-state index is 12.4. The predicted molar refractivity (Wildman–Crippen MR) is 119 cm³/mol. The standard InChI is InChI=1S/C23H20Cl3NO2/c1-15(27-23(28)29-21-12-10-20(26)11-13-21)22(17-4-8-19(25)9-5-17)14-16-2-6-18(24)7-3-16/h2-13,15,22H,14H2,1H3,(H,27,28). The average molecular weight is 449 g/mol. The molecule has 0 aromatic heterocycles. The molecule has 3 nitrogen and oxygen atoms in total. The van der Waals surface area contributed by atoms with Crippen LogP contribution in [0, 0.1) is 0 Å². The fourth-order valence-electron chi connectivity index (χ4n) is 3.09. The van der Waals surface area contributed by atoms with Gasteiger partial charge >= 0.3 is 6.09 Å². The van der Waals surface area contributed by atoms with E-state index in [-0.39, 0.29) is 12.0 Å². The van der Waals surface area contributed by atoms with Crippen LogP contribution in [0.1, 0.15) is 24.0 Å². The second-order valence-corrected chi connectivity index (χ2v) is 8.07. The first-order valence-corrected chi connectivity index (χ1v) is 10.3. The summed E-state index contributed by atoms with van der Waals surface area (Å²) in [6, 6.07) is 21.8. The maximum Gasteiger partial charge on any atom is 0.412 e. The van der Waals surface area contributed by atoms with Gasteiger partial charge < -0.3 is 10.1 Å². The summed E-state index contributed by atoms with van der Waals surface area (Å²) in [4.78, 5) is 12.4. The van der Waals surface area contributed by atoms with Gasteiger partial charge in [-0.3, -0.25) is 0 Å². The topological polar surface area (TPSA) is 38.3 Å². The summed E-state index contributed by atoms with van der Waals surface area (Å²) in [5.74, 6) is 0.450. The highest BCUT2D eigenvalue weighted by atomic mass is 35.5. The summed E-state index contributed by atoms with van der Waals surface area (Å²) in [5.41, 5.74) is 2.19. The number of halogens is 3. The molecule has 0 bridgehead atoms. The van der Waals surface area contributed by atoms with Gasteiger partial charge in [0.25, 0.3) is 0 Å². The van der Waals surface area contributed by atoms with Crippen LogP contribution >= 0.6 is 34.8 Å². The van der Waals surface area contributed by atoms with Gasteiger partial charge in [-0.25, -0.2) is 4.79 Å². The Bertz CT molecular complexity index is 941. The zero-order chi connectivity index (χ0) is 20.8. The van der Waals surface area contributed by atoms with Crippen LogP contribution in [-0.4, -0.2) is 12.1 Å². The smallest absolute Gasteiger partial charge is 0.410 e. The number of hydrogen-bond acceptors (Lipinski definition) is 2. The Morgan fingerprint density at radius 2 is 1.31 bits per heavy atom. The lowest BCUT2D eigenvalue weighted by atomic mass is 9.86. The number of carbonyl (C=O) groups excluding carboxylic acids is 1. The first-order chi connectivity index (χ1) is 13.9. The summed E-state index contributed by atoms with van der Waals surface area (Å²) in [7, 11) is 0. The zero-order valence-corrected chi connectivity index (χ0v) is 18.0. The first kappa shape index (κ1) is 21.5. The average Bonchev–Trinajstić information content (AvgIpc) is 2.70. The molecule has 0 saturated carbocycles. The Kier molecular flexibility index (Phi) is 7.43. The molecule has 0 aliphatic heterocycles. The van der Waals surface area contributed by atoms with Crippen LogP contribution in [0.4, 0.5) is 4.79 Å². The van der Waals surface area contributed by atoms with Gasteiger partial charge in [0.15, 0.2) is 0 Å². The molecule has 0 heterocycles. The molecule has 0 aliphatic rings. The molecular formula is C23H20Cl3NO2. The number of ether oxygens (including phenoxy) is 1. The predicted octanol–water partition coefficient (Wildman–Crippen LogP) is 7.15. The zero-order valence-electron chi connectivity index (χ0n) is 15.7. The molecule has 1 N–H and O–H groups in total. The number of amides is 1. The van der Waals surface area contributed by atoms with Crippen LogP contribution in [0.2, 0.25) is 15.1 Å². The lowest BCUT2D eigenvalue weighted by molar-refractivity contribution is 0.195. The quantitative estimate of drug-likeness (QED) is 0.435. The molecule has 0 spiro atoms. The van der Waals surface area contributed by atoms with Gasteiger partial charge in [-0.05, 0) is 73.0 Å². The highest BCUT2D eigenvalue weighted by Crippen LogP contribution is 2.27. The monoisotopic (exact) mass is 447 g/mol. The fourth-order valence-corrected chi connectivity index (χ4v) is 3.47. The molecule has 0 saturated heterocycles. The largest absolute Gasteiger partial charge is 0.412 e. The Hall–Kier alpha value is -2.20. The molecule has 29 heavy (non-hydrogen) atoms. The van der Waals surface area contributed by atoms with E-state index in [2.05, 4.69) is 5.32 Å². The van der Waals surface area contributed by atoms with E-state index in [1.54, 1.807) is 24.3 Å². The highest BCUT2D eigenvalue weighted by molar-refractivity contribution is 6.31. The Morgan fingerprint density at radius 3 is 1.86 bits per heavy atom. The van der Waals surface area contributed by atoms with Crippen molar-refractivity contribution in [2.75, 3.05) is 0 Å². The number of benzene rings is 3. The summed E-state index contributed by atoms with van der Waals surface area (Å²) >= 11 is 17.9. The second-order valence-electron chi connectivity index (χ2n) is 6.77. The van der Waals surface area contributed by atoms with E-state index in [1.807, 2.05) is 55.5 Å². The van der Waals surface area contributed by atoms with Crippen molar-refractivity contribution < 1.29 is 9.53 Å². The van der Waals surface area contributed by atoms with Crippen LogP contribution in [-0.2, 0) is 6.42 Å². The van der Waals surface area contributed by atoms with Crippen LogP contribution < -0.4 is 10.1 Å². The lowest BCUT2D eigenvalue weighted by Gasteiger charge is -2.25.